The molecule has 22 heavy (non-hydrogen) atoms. The van der Waals surface area contributed by atoms with Gasteiger partial charge < -0.3 is 14.3 Å². The first-order valence-corrected chi connectivity index (χ1v) is 8.01. The molecule has 0 saturated heterocycles. The van der Waals surface area contributed by atoms with E-state index >= 15 is 0 Å². The van der Waals surface area contributed by atoms with Gasteiger partial charge in [0.25, 0.3) is 5.89 Å². The lowest BCUT2D eigenvalue weighted by Crippen LogP contribution is -2.16. The van der Waals surface area contributed by atoms with Crippen molar-refractivity contribution in [3.05, 3.63) is 46.1 Å². The third-order valence-electron chi connectivity index (χ3n) is 3.82. The molecule has 0 unspecified atom stereocenters. The Kier molecular flexibility index (Phi) is 3.56. The van der Waals surface area contributed by atoms with Crippen molar-refractivity contribution < 1.29 is 8.94 Å². The van der Waals surface area contributed by atoms with Crippen LogP contribution in [0.25, 0.3) is 23.0 Å². The van der Waals surface area contributed by atoms with E-state index in [0.29, 0.717) is 22.1 Å². The summed E-state index contributed by atoms with van der Waals surface area (Å²) in [6.45, 7) is 2.04. The summed E-state index contributed by atoms with van der Waals surface area (Å²) in [6.07, 6.45) is 2.08. The van der Waals surface area contributed by atoms with Gasteiger partial charge in [0.1, 0.15) is 0 Å². The van der Waals surface area contributed by atoms with Gasteiger partial charge in [-0.1, -0.05) is 11.2 Å². The SMILES string of the molecule is Brc1ccc(-c2noc(-c3ccc4c(c3)CCNCC4)n2)o1. The van der Waals surface area contributed by atoms with Gasteiger partial charge >= 0.3 is 0 Å². The predicted octanol–water partition coefficient (Wildman–Crippen LogP) is 3.45. The summed E-state index contributed by atoms with van der Waals surface area (Å²) in [4.78, 5) is 4.43. The molecule has 0 fully saturated rings. The summed E-state index contributed by atoms with van der Waals surface area (Å²) in [6, 6.07) is 9.96. The monoisotopic (exact) mass is 359 g/mol. The Labute approximate surface area is 135 Å². The molecule has 6 heteroatoms. The van der Waals surface area contributed by atoms with Crippen molar-refractivity contribution >= 4 is 15.9 Å². The van der Waals surface area contributed by atoms with Crippen molar-refractivity contribution in [1.29, 1.82) is 0 Å². The number of hydrogen-bond donors (Lipinski definition) is 1. The molecule has 5 nitrogen and oxygen atoms in total. The molecule has 2 aromatic heterocycles. The second kappa shape index (κ2) is 5.70. The lowest BCUT2D eigenvalue weighted by molar-refractivity contribution is 0.429. The van der Waals surface area contributed by atoms with Gasteiger partial charge in [0.15, 0.2) is 10.4 Å². The highest BCUT2D eigenvalue weighted by Gasteiger charge is 2.15. The fraction of sp³-hybridized carbons (Fsp3) is 0.250. The van der Waals surface area contributed by atoms with E-state index in [1.807, 2.05) is 6.07 Å². The molecule has 0 spiro atoms. The molecule has 0 amide bonds. The Hall–Kier alpha value is -1.92. The summed E-state index contributed by atoms with van der Waals surface area (Å²) in [5, 5.41) is 7.41. The third-order valence-corrected chi connectivity index (χ3v) is 4.24. The van der Waals surface area contributed by atoms with Gasteiger partial charge in [-0.3, -0.25) is 0 Å². The number of hydrogen-bond acceptors (Lipinski definition) is 5. The van der Waals surface area contributed by atoms with Crippen molar-refractivity contribution in [1.82, 2.24) is 15.5 Å². The number of furan rings is 1. The molecule has 0 atom stereocenters. The van der Waals surface area contributed by atoms with Crippen molar-refractivity contribution in [3.8, 4) is 23.0 Å². The normalized spacial score (nSPS) is 14.6. The number of nitrogens with one attached hydrogen (secondary N) is 1. The molecular weight excluding hydrogens is 346 g/mol. The van der Waals surface area contributed by atoms with Gasteiger partial charge in [-0.25, -0.2) is 0 Å². The van der Waals surface area contributed by atoms with E-state index in [4.69, 9.17) is 8.94 Å². The van der Waals surface area contributed by atoms with Crippen LogP contribution in [0, 0.1) is 0 Å². The number of nitrogens with zero attached hydrogens (tertiary/aromatic N) is 2. The molecule has 1 aliphatic heterocycles. The van der Waals surface area contributed by atoms with E-state index in [-0.39, 0.29) is 0 Å². The number of benzene rings is 1. The van der Waals surface area contributed by atoms with E-state index in [0.717, 1.165) is 31.5 Å². The fourth-order valence-corrected chi connectivity index (χ4v) is 2.99. The van der Waals surface area contributed by atoms with Crippen LogP contribution in [0.4, 0.5) is 0 Å². The first-order chi connectivity index (χ1) is 10.8. The standard InChI is InChI=1S/C16H14BrN3O2/c17-14-4-3-13(21-14)15-19-16(22-20-15)12-2-1-10-5-7-18-8-6-11(10)9-12/h1-4,9,18H,5-8H2. The zero-order valence-corrected chi connectivity index (χ0v) is 13.4. The van der Waals surface area contributed by atoms with Crippen LogP contribution in [-0.4, -0.2) is 23.2 Å². The number of aromatic nitrogens is 2. The van der Waals surface area contributed by atoms with Crippen LogP contribution in [0.2, 0.25) is 0 Å². The smallest absolute Gasteiger partial charge is 0.258 e. The van der Waals surface area contributed by atoms with Crippen LogP contribution in [0.3, 0.4) is 0 Å². The first kappa shape index (κ1) is 13.7. The second-order valence-electron chi connectivity index (χ2n) is 5.26. The second-order valence-corrected chi connectivity index (χ2v) is 6.04. The van der Waals surface area contributed by atoms with E-state index in [9.17, 15) is 0 Å². The highest BCUT2D eigenvalue weighted by Crippen LogP contribution is 2.27. The van der Waals surface area contributed by atoms with Crippen LogP contribution < -0.4 is 5.32 Å². The summed E-state index contributed by atoms with van der Waals surface area (Å²) >= 11 is 3.27. The van der Waals surface area contributed by atoms with E-state index in [2.05, 4.69) is 43.5 Å². The Bertz CT molecular complexity index is 809. The molecule has 0 saturated carbocycles. The van der Waals surface area contributed by atoms with Gasteiger partial charge in [-0.05, 0) is 77.3 Å². The average Bonchev–Trinajstić information content (AvgIpc) is 3.11. The van der Waals surface area contributed by atoms with Gasteiger partial charge in [0.2, 0.25) is 5.82 Å². The molecule has 3 heterocycles. The zero-order chi connectivity index (χ0) is 14.9. The van der Waals surface area contributed by atoms with E-state index < -0.39 is 0 Å². The molecule has 112 valence electrons. The molecule has 1 N–H and O–H groups in total. The maximum atomic E-state index is 5.45. The lowest BCUT2D eigenvalue weighted by atomic mass is 10.00. The minimum absolute atomic E-state index is 0.456. The van der Waals surface area contributed by atoms with Crippen LogP contribution in [0.1, 0.15) is 11.1 Å². The van der Waals surface area contributed by atoms with E-state index in [1.165, 1.54) is 11.1 Å². The zero-order valence-electron chi connectivity index (χ0n) is 11.8. The molecular formula is C16H14BrN3O2. The predicted molar refractivity (Wildman–Crippen MR) is 85.4 cm³/mol. The number of fused-ring (bicyclic) bond motifs is 1. The largest absolute Gasteiger partial charge is 0.446 e. The molecule has 3 aromatic rings. The minimum atomic E-state index is 0.456. The quantitative estimate of drug-likeness (QED) is 0.759. The van der Waals surface area contributed by atoms with Crippen LogP contribution >= 0.6 is 15.9 Å². The summed E-state index contributed by atoms with van der Waals surface area (Å²) in [5.41, 5.74) is 3.69. The van der Waals surface area contributed by atoms with Gasteiger partial charge in [0, 0.05) is 5.56 Å². The van der Waals surface area contributed by atoms with Gasteiger partial charge in [-0.2, -0.15) is 4.98 Å². The Balaban J connectivity index is 1.67. The highest BCUT2D eigenvalue weighted by atomic mass is 79.9. The highest BCUT2D eigenvalue weighted by molar-refractivity contribution is 9.10. The summed E-state index contributed by atoms with van der Waals surface area (Å²) in [7, 11) is 0. The molecule has 0 bridgehead atoms. The lowest BCUT2D eigenvalue weighted by Gasteiger charge is -2.05. The molecule has 1 aromatic carbocycles. The van der Waals surface area contributed by atoms with Gasteiger partial charge in [-0.15, -0.1) is 0 Å². The average molecular weight is 360 g/mol. The summed E-state index contributed by atoms with van der Waals surface area (Å²) < 4.78 is 11.5. The Morgan fingerprint density at radius 2 is 1.91 bits per heavy atom. The summed E-state index contributed by atoms with van der Waals surface area (Å²) in [5.74, 6) is 1.56. The Morgan fingerprint density at radius 3 is 2.73 bits per heavy atom. The van der Waals surface area contributed by atoms with Crippen molar-refractivity contribution in [2.45, 2.75) is 12.8 Å². The fourth-order valence-electron chi connectivity index (χ4n) is 2.68. The van der Waals surface area contributed by atoms with Crippen molar-refractivity contribution in [2.75, 3.05) is 13.1 Å². The first-order valence-electron chi connectivity index (χ1n) is 7.22. The van der Waals surface area contributed by atoms with Crippen molar-refractivity contribution in [3.63, 3.8) is 0 Å². The Morgan fingerprint density at radius 1 is 1.05 bits per heavy atom. The maximum Gasteiger partial charge on any atom is 0.258 e. The van der Waals surface area contributed by atoms with Crippen LogP contribution in [-0.2, 0) is 12.8 Å². The number of rotatable bonds is 2. The molecule has 4 rings (SSSR count). The molecule has 0 radical (unpaired) electrons. The topological polar surface area (TPSA) is 64.1 Å². The minimum Gasteiger partial charge on any atom is -0.446 e. The third kappa shape index (κ3) is 2.60. The molecule has 0 aliphatic carbocycles. The van der Waals surface area contributed by atoms with Crippen molar-refractivity contribution in [2.24, 2.45) is 0 Å². The number of halogens is 1. The van der Waals surface area contributed by atoms with E-state index in [1.54, 1.807) is 12.1 Å². The molecule has 1 aliphatic rings. The van der Waals surface area contributed by atoms with Crippen LogP contribution in [0.5, 0.6) is 0 Å². The maximum absolute atomic E-state index is 5.45. The van der Waals surface area contributed by atoms with Gasteiger partial charge in [0.05, 0.1) is 0 Å². The van der Waals surface area contributed by atoms with Crippen LogP contribution in [0.15, 0.2) is 43.9 Å².